The summed E-state index contributed by atoms with van der Waals surface area (Å²) in [5, 5.41) is 6.81. The van der Waals surface area contributed by atoms with Crippen molar-refractivity contribution in [3.8, 4) is 0 Å². The molecule has 1 fully saturated rings. The molecular formula is C22H39N5O2. The summed E-state index contributed by atoms with van der Waals surface area (Å²) >= 11 is 0. The van der Waals surface area contributed by atoms with E-state index in [1.807, 2.05) is 26.2 Å². The van der Waals surface area contributed by atoms with Crippen molar-refractivity contribution in [2.24, 2.45) is 10.4 Å². The van der Waals surface area contributed by atoms with Crippen molar-refractivity contribution in [3.63, 3.8) is 0 Å². The van der Waals surface area contributed by atoms with Crippen molar-refractivity contribution in [2.45, 2.75) is 52.5 Å². The predicted molar refractivity (Wildman–Crippen MR) is 118 cm³/mol. The number of guanidine groups is 1. The number of aliphatic imine (C=N–C) groups is 1. The molecule has 1 aliphatic rings. The maximum absolute atomic E-state index is 12.8. The van der Waals surface area contributed by atoms with E-state index in [9.17, 15) is 4.79 Å². The molecule has 1 unspecified atom stereocenters. The molecule has 0 spiro atoms. The number of hydrogen-bond acceptors (Lipinski definition) is 4. The van der Waals surface area contributed by atoms with Crippen molar-refractivity contribution in [2.75, 3.05) is 46.8 Å². The van der Waals surface area contributed by atoms with Crippen LogP contribution >= 0.6 is 0 Å². The van der Waals surface area contributed by atoms with Gasteiger partial charge in [0.25, 0.3) is 0 Å². The molecule has 0 saturated heterocycles. The SMILES string of the molecule is CCNC(=NCC1(C(=O)N(C)C)CCCC1)NCC(c1ccco1)N(CC)CC. The molecule has 0 aromatic carbocycles. The molecule has 29 heavy (non-hydrogen) atoms. The van der Waals surface area contributed by atoms with Crippen LogP contribution in [0.15, 0.2) is 27.8 Å². The van der Waals surface area contributed by atoms with Crippen LogP contribution in [-0.2, 0) is 4.79 Å². The zero-order valence-corrected chi connectivity index (χ0v) is 18.8. The number of rotatable bonds is 10. The molecule has 0 aliphatic heterocycles. The van der Waals surface area contributed by atoms with Gasteiger partial charge in [0, 0.05) is 27.2 Å². The molecule has 1 saturated carbocycles. The molecule has 1 amide bonds. The summed E-state index contributed by atoms with van der Waals surface area (Å²) in [6, 6.07) is 4.09. The van der Waals surface area contributed by atoms with Gasteiger partial charge in [-0.2, -0.15) is 0 Å². The lowest BCUT2D eigenvalue weighted by atomic mass is 9.85. The number of likely N-dealkylation sites (N-methyl/N-ethyl adjacent to an activating group) is 1. The Morgan fingerprint density at radius 2 is 1.90 bits per heavy atom. The highest BCUT2D eigenvalue weighted by molar-refractivity contribution is 5.84. The molecule has 0 bridgehead atoms. The average molecular weight is 406 g/mol. The largest absolute Gasteiger partial charge is 0.468 e. The van der Waals surface area contributed by atoms with Crippen LogP contribution in [0.25, 0.3) is 0 Å². The monoisotopic (exact) mass is 405 g/mol. The topological polar surface area (TPSA) is 73.1 Å². The van der Waals surface area contributed by atoms with E-state index in [1.54, 1.807) is 11.2 Å². The van der Waals surface area contributed by atoms with E-state index in [0.717, 1.165) is 57.0 Å². The third-order valence-electron chi connectivity index (χ3n) is 5.89. The van der Waals surface area contributed by atoms with Crippen LogP contribution in [0.4, 0.5) is 0 Å². The summed E-state index contributed by atoms with van der Waals surface area (Å²) in [7, 11) is 3.68. The third-order valence-corrected chi connectivity index (χ3v) is 5.89. The Hall–Kier alpha value is -2.02. The normalized spacial score (nSPS) is 17.4. The highest BCUT2D eigenvalue weighted by atomic mass is 16.3. The second kappa shape index (κ2) is 11.2. The Morgan fingerprint density at radius 3 is 2.41 bits per heavy atom. The second-order valence-corrected chi connectivity index (χ2v) is 8.02. The molecule has 2 N–H and O–H groups in total. The molecule has 7 nitrogen and oxygen atoms in total. The first kappa shape index (κ1) is 23.3. The number of nitrogens with zero attached hydrogens (tertiary/aromatic N) is 3. The van der Waals surface area contributed by atoms with Crippen LogP contribution in [0.5, 0.6) is 0 Å². The first-order valence-electron chi connectivity index (χ1n) is 11.0. The molecule has 1 atom stereocenters. The number of carbonyl (C=O) groups is 1. The summed E-state index contributed by atoms with van der Waals surface area (Å²) in [5.41, 5.74) is -0.356. The molecule has 1 aromatic rings. The summed E-state index contributed by atoms with van der Waals surface area (Å²) < 4.78 is 5.70. The van der Waals surface area contributed by atoms with Gasteiger partial charge in [0.1, 0.15) is 5.76 Å². The van der Waals surface area contributed by atoms with E-state index in [2.05, 4.69) is 36.3 Å². The molecule has 2 rings (SSSR count). The van der Waals surface area contributed by atoms with Crippen LogP contribution in [-0.4, -0.2) is 68.5 Å². The Morgan fingerprint density at radius 1 is 1.21 bits per heavy atom. The molecule has 1 heterocycles. The predicted octanol–water partition coefficient (Wildman–Crippen LogP) is 2.87. The molecule has 164 valence electrons. The first-order valence-corrected chi connectivity index (χ1v) is 11.0. The molecular weight excluding hydrogens is 366 g/mol. The van der Waals surface area contributed by atoms with E-state index in [1.165, 1.54) is 0 Å². The Labute approximate surface area is 175 Å². The van der Waals surface area contributed by atoms with Crippen LogP contribution in [0.3, 0.4) is 0 Å². The van der Waals surface area contributed by atoms with Gasteiger partial charge in [-0.1, -0.05) is 26.7 Å². The zero-order valence-electron chi connectivity index (χ0n) is 18.8. The number of furan rings is 1. The van der Waals surface area contributed by atoms with Crippen LogP contribution < -0.4 is 10.6 Å². The fourth-order valence-electron chi connectivity index (χ4n) is 4.29. The van der Waals surface area contributed by atoms with Crippen molar-refractivity contribution >= 4 is 11.9 Å². The second-order valence-electron chi connectivity index (χ2n) is 8.02. The van der Waals surface area contributed by atoms with Crippen molar-refractivity contribution in [1.82, 2.24) is 20.4 Å². The lowest BCUT2D eigenvalue weighted by molar-refractivity contribution is -0.138. The van der Waals surface area contributed by atoms with Gasteiger partial charge in [-0.3, -0.25) is 14.7 Å². The third kappa shape index (κ3) is 5.98. The number of nitrogens with one attached hydrogen (secondary N) is 2. The summed E-state index contributed by atoms with van der Waals surface area (Å²) in [4.78, 5) is 21.7. The van der Waals surface area contributed by atoms with Crippen molar-refractivity contribution in [1.29, 1.82) is 0 Å². The quantitative estimate of drug-likeness (QED) is 0.463. The fraction of sp³-hybridized carbons (Fsp3) is 0.727. The van der Waals surface area contributed by atoms with Crippen molar-refractivity contribution < 1.29 is 9.21 Å². The summed E-state index contributed by atoms with van der Waals surface area (Å²) in [5.74, 6) is 1.91. The fourth-order valence-corrected chi connectivity index (χ4v) is 4.29. The standard InChI is InChI=1S/C22H39N5O2/c1-6-23-21(25-17-22(13-9-10-14-22)20(28)26(4)5)24-16-18(27(7-2)8-3)19-12-11-15-29-19/h11-12,15,18H,6-10,13-14,16-17H2,1-5H3,(H2,23,24,25). The zero-order chi connectivity index (χ0) is 21.3. The van der Waals surface area contributed by atoms with Crippen LogP contribution in [0.2, 0.25) is 0 Å². The first-order chi connectivity index (χ1) is 14.0. The van der Waals surface area contributed by atoms with Gasteiger partial charge in [0.15, 0.2) is 5.96 Å². The van der Waals surface area contributed by atoms with E-state index in [-0.39, 0.29) is 17.4 Å². The number of hydrogen-bond donors (Lipinski definition) is 2. The molecule has 1 aliphatic carbocycles. The van der Waals surface area contributed by atoms with Gasteiger partial charge in [-0.15, -0.1) is 0 Å². The Balaban J connectivity index is 2.12. The maximum atomic E-state index is 12.8. The van der Waals surface area contributed by atoms with Crippen LogP contribution in [0, 0.1) is 5.41 Å². The van der Waals surface area contributed by atoms with E-state index in [0.29, 0.717) is 13.1 Å². The Kier molecular flexibility index (Phi) is 9.01. The maximum Gasteiger partial charge on any atom is 0.230 e. The molecule has 7 heteroatoms. The summed E-state index contributed by atoms with van der Waals surface area (Å²) in [6.07, 6.45) is 5.76. The number of carbonyl (C=O) groups excluding carboxylic acids is 1. The van der Waals surface area contributed by atoms with Gasteiger partial charge in [-0.25, -0.2) is 0 Å². The minimum atomic E-state index is -0.356. The van der Waals surface area contributed by atoms with E-state index < -0.39 is 0 Å². The minimum Gasteiger partial charge on any atom is -0.468 e. The van der Waals surface area contributed by atoms with E-state index >= 15 is 0 Å². The summed E-state index contributed by atoms with van der Waals surface area (Å²) in [6.45, 7) is 10.3. The van der Waals surface area contributed by atoms with Gasteiger partial charge in [0.2, 0.25) is 5.91 Å². The average Bonchev–Trinajstić information content (AvgIpc) is 3.41. The highest BCUT2D eigenvalue weighted by Gasteiger charge is 2.42. The van der Waals surface area contributed by atoms with E-state index in [4.69, 9.17) is 9.41 Å². The lowest BCUT2D eigenvalue weighted by Gasteiger charge is -2.30. The van der Waals surface area contributed by atoms with Gasteiger partial charge in [-0.05, 0) is 45.0 Å². The Bertz CT molecular complexity index is 632. The molecule has 0 radical (unpaired) electrons. The lowest BCUT2D eigenvalue weighted by Crippen LogP contribution is -2.45. The van der Waals surface area contributed by atoms with Gasteiger partial charge >= 0.3 is 0 Å². The number of amides is 1. The molecule has 1 aromatic heterocycles. The van der Waals surface area contributed by atoms with Gasteiger partial charge in [0.05, 0.1) is 24.3 Å². The highest BCUT2D eigenvalue weighted by Crippen LogP contribution is 2.39. The smallest absolute Gasteiger partial charge is 0.230 e. The van der Waals surface area contributed by atoms with Crippen LogP contribution in [0.1, 0.15) is 58.3 Å². The van der Waals surface area contributed by atoms with Gasteiger partial charge < -0.3 is 20.0 Å². The van der Waals surface area contributed by atoms with Crippen molar-refractivity contribution in [3.05, 3.63) is 24.2 Å². The minimum absolute atomic E-state index is 0.132.